The monoisotopic (exact) mass is 1530 g/mol. The third-order valence-corrected chi connectivity index (χ3v) is 17.5. The maximum atomic E-state index is 14.1. The van der Waals surface area contributed by atoms with Gasteiger partial charge in [-0.15, -0.1) is 0 Å². The average molecular weight is 1530 g/mol. The molecule has 1 fully saturated rings. The van der Waals surface area contributed by atoms with Gasteiger partial charge in [0.1, 0.15) is 66.2 Å². The molecular formula is C68H107N17O21S. The first-order chi connectivity index (χ1) is 50.6. The lowest BCUT2D eigenvalue weighted by Gasteiger charge is -2.30. The molecule has 1 aliphatic rings. The number of allylic oxidation sites excluding steroid dienone is 5. The number of hydrogen-bond acceptors (Lipinski definition) is 23. The number of methoxy groups -OCH3 is 1. The largest absolute Gasteiger partial charge is 0.508 e. The van der Waals surface area contributed by atoms with Crippen molar-refractivity contribution in [3.8, 4) is 5.75 Å². The highest BCUT2D eigenvalue weighted by molar-refractivity contribution is 7.99. The van der Waals surface area contributed by atoms with Crippen LogP contribution in [0.25, 0.3) is 0 Å². The number of carbonyl (C=O) groups is 15. The molecule has 1 aromatic rings. The van der Waals surface area contributed by atoms with Crippen molar-refractivity contribution in [1.29, 1.82) is 0 Å². The van der Waals surface area contributed by atoms with Crippen LogP contribution < -0.4 is 81.4 Å². The molecule has 0 unspecified atom stereocenters. The summed E-state index contributed by atoms with van der Waals surface area (Å²) in [5, 5.41) is 75.9. The van der Waals surface area contributed by atoms with Gasteiger partial charge in [-0.05, 0) is 103 Å². The minimum atomic E-state index is -1.94. The highest BCUT2D eigenvalue weighted by Crippen LogP contribution is 2.21. The molecule has 0 aromatic heterocycles. The number of aromatic hydroxyl groups is 1. The number of carboxylic acids is 1. The topological polar surface area (TPSA) is 618 Å². The molecule has 1 aliphatic heterocycles. The van der Waals surface area contributed by atoms with Gasteiger partial charge in [-0.1, -0.05) is 67.3 Å². The minimum Gasteiger partial charge on any atom is -0.508 e. The number of likely N-dealkylation sites (tertiary alicyclic amines) is 1. The van der Waals surface area contributed by atoms with Gasteiger partial charge in [-0.2, -0.15) is 11.8 Å². The van der Waals surface area contributed by atoms with Crippen LogP contribution in [0.4, 0.5) is 0 Å². The quantitative estimate of drug-likeness (QED) is 0.00950. The van der Waals surface area contributed by atoms with Crippen molar-refractivity contribution in [3.05, 3.63) is 64.8 Å². The van der Waals surface area contributed by atoms with Crippen molar-refractivity contribution in [2.45, 2.75) is 179 Å². The van der Waals surface area contributed by atoms with Gasteiger partial charge in [-0.25, -0.2) is 4.79 Å². The Labute approximate surface area is 624 Å². The Bertz CT molecular complexity index is 3350. The van der Waals surface area contributed by atoms with Gasteiger partial charge in [0.2, 0.25) is 76.8 Å². The van der Waals surface area contributed by atoms with Crippen molar-refractivity contribution in [3.63, 3.8) is 0 Å². The SMILES string of the molecule is CC[C@H](C)[C@H](NC(=O)[C@@H]1CCCN1C(=O)[C@H](CO)NC(=O)CNC(=O)[C@H](CC(N)=O)NC(=O)[C@H](CC(=O)O)NC(=O)[C@H](CCCN=C(N)N)NC(=O)CN)C(=O)NCC(=O)N[C@@H](Cc1ccc(O)cc1)C(=O)N[C@@H](CO)C(=O)N[C@@H](CO)C(=O)N[C@@H](CSC/C=C(\C)CC/C=C(\C)CCC=C(C)C)C(=O)OC. The number of phenolic OH excluding ortho intramolecular Hbond substituents is 1. The number of esters is 1. The van der Waals surface area contributed by atoms with Crippen molar-refractivity contribution in [1.82, 2.24) is 63.4 Å². The van der Waals surface area contributed by atoms with Gasteiger partial charge in [0.05, 0.1) is 59.4 Å². The number of primary amides is 1. The van der Waals surface area contributed by atoms with E-state index in [0.29, 0.717) is 11.3 Å². The first-order valence-corrected chi connectivity index (χ1v) is 35.8. The van der Waals surface area contributed by atoms with Gasteiger partial charge in [0.15, 0.2) is 5.96 Å². The van der Waals surface area contributed by atoms with Crippen LogP contribution in [-0.2, 0) is 83.1 Å². The first-order valence-electron chi connectivity index (χ1n) is 34.6. The number of carbonyl (C=O) groups excluding carboxylic acids is 14. The number of phenols is 1. The second-order valence-electron chi connectivity index (χ2n) is 25.5. The number of thioether (sulfide) groups is 1. The molecule has 2 rings (SSSR count). The number of amides is 13. The summed E-state index contributed by atoms with van der Waals surface area (Å²) in [4.78, 5) is 204. The third-order valence-electron chi connectivity index (χ3n) is 16.5. The highest BCUT2D eigenvalue weighted by atomic mass is 32.2. The number of nitrogens with one attached hydrogen (secondary N) is 11. The van der Waals surface area contributed by atoms with Crippen molar-refractivity contribution >= 4 is 106 Å². The van der Waals surface area contributed by atoms with Gasteiger partial charge < -0.3 is 117 Å². The second-order valence-corrected chi connectivity index (χ2v) is 26.6. The number of nitrogens with two attached hydrogens (primary N) is 4. The van der Waals surface area contributed by atoms with E-state index >= 15 is 0 Å². The number of guanidine groups is 1. The maximum Gasteiger partial charge on any atom is 0.329 e. The van der Waals surface area contributed by atoms with E-state index in [-0.39, 0.29) is 69.1 Å². The second kappa shape index (κ2) is 49.5. The standard InChI is InChI=1S/C68H107N17O21S/c1-8-40(6)57(84-64(102)51-18-12-25-85(51)66(104)49(35-88)78-55(93)31-74-58(96)45(28-52(70)90)79-61(99)46(29-56(94)95)80-59(97)43(76-53(91)30-69)17-11-24-73-68(71)72)65(103)75-32-54(92)77-44(27-41-19-21-42(89)22-20-41)60(98)81-47(33-86)62(100)82-48(34-87)63(101)83-50(67(105)106-7)36-107-26-23-39(5)16-10-15-38(4)14-9-13-37(2)3/h13,15,19-23,40,43-51,57,86-89H,8-12,14,16-18,24-36,69H2,1-7H3,(H2,70,90)(H,74,96)(H,75,103)(H,76,91)(H,77,92)(H,78,93)(H,79,99)(H,80,97)(H,81,98)(H,82,100)(H,83,101)(H,84,102)(H,94,95)(H4,71,72,73)/b38-15+,39-23+/t40-,43-,44-,45-,46-,47-,48-,49-,50-,51-,57-/m0/s1. The Kier molecular flexibility index (Phi) is 43.0. The number of aliphatic carboxylic acids is 1. The Morgan fingerprint density at radius 1 is 0.626 bits per heavy atom. The van der Waals surface area contributed by atoms with Crippen LogP contribution in [0.5, 0.6) is 5.75 Å². The van der Waals surface area contributed by atoms with Gasteiger partial charge >= 0.3 is 11.9 Å². The molecule has 1 saturated heterocycles. The summed E-state index contributed by atoms with van der Waals surface area (Å²) in [6.07, 6.45) is 8.23. The average Bonchev–Trinajstić information content (AvgIpc) is 1.67. The summed E-state index contributed by atoms with van der Waals surface area (Å²) in [6, 6.07) is -10.5. The molecule has 24 N–H and O–H groups in total. The molecule has 1 aromatic carbocycles. The number of nitrogens with zero attached hydrogens (tertiary/aromatic N) is 2. The summed E-state index contributed by atoms with van der Waals surface area (Å²) in [5.74, 6) is -16.6. The van der Waals surface area contributed by atoms with Gasteiger partial charge in [0, 0.05) is 31.0 Å². The molecular weight excluding hydrogens is 1420 g/mol. The number of ether oxygens (including phenoxy) is 1. The van der Waals surface area contributed by atoms with E-state index in [9.17, 15) is 97.5 Å². The van der Waals surface area contributed by atoms with Crippen LogP contribution in [0.15, 0.2) is 64.2 Å². The van der Waals surface area contributed by atoms with Crippen LogP contribution in [0, 0.1) is 5.92 Å². The van der Waals surface area contributed by atoms with Crippen LogP contribution in [0.3, 0.4) is 0 Å². The van der Waals surface area contributed by atoms with Crippen LogP contribution in [-0.4, -0.2) is 257 Å². The fourth-order valence-corrected chi connectivity index (χ4v) is 11.4. The number of aliphatic hydroxyl groups is 3. The van der Waals surface area contributed by atoms with Crippen LogP contribution >= 0.6 is 11.8 Å². The first kappa shape index (κ1) is 92.8. The number of aliphatic hydroxyl groups excluding tert-OH is 3. The van der Waals surface area contributed by atoms with E-state index < -0.39 is 207 Å². The summed E-state index contributed by atoms with van der Waals surface area (Å²) in [5.41, 5.74) is 25.4. The summed E-state index contributed by atoms with van der Waals surface area (Å²) >= 11 is 1.32. The minimum absolute atomic E-state index is 0.00849. The van der Waals surface area contributed by atoms with Crippen molar-refractivity contribution < 1.29 is 102 Å². The number of hydrogen-bond donors (Lipinski definition) is 20. The number of carboxylic acid groups (broad SMARTS) is 1. The zero-order valence-corrected chi connectivity index (χ0v) is 62.1. The predicted molar refractivity (Wildman–Crippen MR) is 390 cm³/mol. The van der Waals surface area contributed by atoms with E-state index in [0.717, 1.165) is 43.3 Å². The molecule has 0 saturated carbocycles. The van der Waals surface area contributed by atoms with Crippen LogP contribution in [0.2, 0.25) is 0 Å². The number of aliphatic imine (C=N–C) groups is 1. The molecule has 39 heteroatoms. The Hall–Kier alpha value is -10.3. The summed E-state index contributed by atoms with van der Waals surface area (Å²) in [7, 11) is 1.12. The summed E-state index contributed by atoms with van der Waals surface area (Å²) < 4.78 is 4.89. The highest BCUT2D eigenvalue weighted by Gasteiger charge is 2.41. The van der Waals surface area contributed by atoms with E-state index in [1.165, 1.54) is 47.2 Å². The normalized spacial score (nSPS) is 15.5. The lowest BCUT2D eigenvalue weighted by atomic mass is 9.97. The zero-order valence-electron chi connectivity index (χ0n) is 61.3. The molecule has 0 bridgehead atoms. The van der Waals surface area contributed by atoms with Crippen LogP contribution in [0.1, 0.15) is 118 Å². The Balaban J connectivity index is 2.18. The molecule has 0 aliphatic carbocycles. The lowest BCUT2D eigenvalue weighted by Crippen LogP contribution is -2.60. The molecule has 0 radical (unpaired) electrons. The van der Waals surface area contributed by atoms with Crippen molar-refractivity contribution in [2.24, 2.45) is 33.8 Å². The molecule has 1 heterocycles. The van der Waals surface area contributed by atoms with E-state index in [4.69, 9.17) is 27.7 Å². The Morgan fingerprint density at radius 3 is 1.66 bits per heavy atom. The number of benzene rings is 1. The predicted octanol–water partition coefficient (Wildman–Crippen LogP) is -5.77. The van der Waals surface area contributed by atoms with E-state index in [2.05, 4.69) is 96.4 Å². The molecule has 13 amide bonds. The van der Waals surface area contributed by atoms with E-state index in [1.54, 1.807) is 13.8 Å². The van der Waals surface area contributed by atoms with Crippen molar-refractivity contribution in [2.75, 3.05) is 71.2 Å². The molecule has 0 spiro atoms. The zero-order chi connectivity index (χ0) is 80.5. The fraction of sp³-hybridized carbons (Fsp3) is 0.588. The van der Waals surface area contributed by atoms with E-state index in [1.807, 2.05) is 13.0 Å². The van der Waals surface area contributed by atoms with Gasteiger partial charge in [-0.3, -0.25) is 72.1 Å². The Morgan fingerprint density at radius 2 is 1.13 bits per heavy atom. The molecule has 38 nitrogen and oxygen atoms in total. The summed E-state index contributed by atoms with van der Waals surface area (Å²) in [6.45, 7) is 5.95. The molecule has 11 atom stereocenters. The third kappa shape index (κ3) is 35.6. The smallest absolute Gasteiger partial charge is 0.329 e. The maximum absolute atomic E-state index is 14.1. The molecule has 107 heavy (non-hydrogen) atoms. The fourth-order valence-electron chi connectivity index (χ4n) is 10.4. The molecule has 596 valence electrons. The number of rotatable bonds is 49. The lowest BCUT2D eigenvalue weighted by molar-refractivity contribution is -0.145. The van der Waals surface area contributed by atoms with Gasteiger partial charge in [0.25, 0.3) is 0 Å².